The average molecular weight is 352 g/mol. The minimum atomic E-state index is -0.762. The molecule has 0 saturated heterocycles. The number of fused-ring (bicyclic) bond motifs is 1. The van der Waals surface area contributed by atoms with E-state index < -0.39 is 11.6 Å². The van der Waals surface area contributed by atoms with E-state index in [0.29, 0.717) is 12.8 Å². The first-order valence-corrected chi connectivity index (χ1v) is 7.35. The van der Waals surface area contributed by atoms with Gasteiger partial charge in [-0.25, -0.2) is 8.78 Å². The standard InChI is InChI=1S/C16H12BrF2NO/c17-12-2-1-9-5-11(6-10(9)7-12)16(21)20-15-4-3-13(18)8-14(15)19/h1-4,7-8,11H,5-6H2,(H,20,21). The van der Waals surface area contributed by atoms with E-state index in [1.165, 1.54) is 6.07 Å². The summed E-state index contributed by atoms with van der Waals surface area (Å²) >= 11 is 3.41. The van der Waals surface area contributed by atoms with Crippen LogP contribution in [0.4, 0.5) is 14.5 Å². The van der Waals surface area contributed by atoms with Gasteiger partial charge in [0.15, 0.2) is 0 Å². The third-order valence-electron chi connectivity index (χ3n) is 3.66. The first kappa shape index (κ1) is 14.2. The number of benzene rings is 2. The normalized spacial score (nSPS) is 16.6. The van der Waals surface area contributed by atoms with Crippen LogP contribution in [0.15, 0.2) is 40.9 Å². The maximum absolute atomic E-state index is 13.6. The highest BCUT2D eigenvalue weighted by Crippen LogP contribution is 2.30. The second-order valence-electron chi connectivity index (χ2n) is 5.13. The van der Waals surface area contributed by atoms with E-state index in [1.807, 2.05) is 18.2 Å². The molecule has 0 fully saturated rings. The zero-order valence-corrected chi connectivity index (χ0v) is 12.6. The van der Waals surface area contributed by atoms with Crippen molar-refractivity contribution >= 4 is 27.5 Å². The molecule has 1 aliphatic rings. The maximum Gasteiger partial charge on any atom is 0.228 e. The summed E-state index contributed by atoms with van der Waals surface area (Å²) in [7, 11) is 0. The summed E-state index contributed by atoms with van der Waals surface area (Å²) in [5, 5.41) is 2.54. The first-order valence-electron chi connectivity index (χ1n) is 6.56. The number of anilines is 1. The van der Waals surface area contributed by atoms with Crippen molar-refractivity contribution in [2.45, 2.75) is 12.8 Å². The van der Waals surface area contributed by atoms with Gasteiger partial charge >= 0.3 is 0 Å². The number of carbonyl (C=O) groups is 1. The summed E-state index contributed by atoms with van der Waals surface area (Å²) in [5.41, 5.74) is 2.28. The van der Waals surface area contributed by atoms with Crippen LogP contribution in [0.3, 0.4) is 0 Å². The Kier molecular flexibility index (Phi) is 3.76. The third-order valence-corrected chi connectivity index (χ3v) is 4.15. The Hall–Kier alpha value is -1.75. The topological polar surface area (TPSA) is 29.1 Å². The zero-order chi connectivity index (χ0) is 15.0. The molecule has 3 rings (SSSR count). The molecule has 0 heterocycles. The van der Waals surface area contributed by atoms with Crippen LogP contribution in [0.25, 0.3) is 0 Å². The molecule has 5 heteroatoms. The van der Waals surface area contributed by atoms with E-state index in [-0.39, 0.29) is 17.5 Å². The monoisotopic (exact) mass is 351 g/mol. The summed E-state index contributed by atoms with van der Waals surface area (Å²) in [6, 6.07) is 9.06. The number of carbonyl (C=O) groups excluding carboxylic acids is 1. The van der Waals surface area contributed by atoms with Crippen molar-refractivity contribution in [1.29, 1.82) is 0 Å². The summed E-state index contributed by atoms with van der Waals surface area (Å²) < 4.78 is 27.4. The van der Waals surface area contributed by atoms with Gasteiger partial charge in [0.05, 0.1) is 5.69 Å². The Bertz CT molecular complexity index is 717. The number of rotatable bonds is 2. The molecular weight excluding hydrogens is 340 g/mol. The van der Waals surface area contributed by atoms with Crippen molar-refractivity contribution in [3.63, 3.8) is 0 Å². The van der Waals surface area contributed by atoms with Gasteiger partial charge in [0.2, 0.25) is 5.91 Å². The van der Waals surface area contributed by atoms with Crippen molar-refractivity contribution in [3.8, 4) is 0 Å². The SMILES string of the molecule is O=C(Nc1ccc(F)cc1F)C1Cc2ccc(Br)cc2C1. The van der Waals surface area contributed by atoms with E-state index in [2.05, 4.69) is 21.2 Å². The van der Waals surface area contributed by atoms with Gasteiger partial charge in [-0.2, -0.15) is 0 Å². The molecule has 0 saturated carbocycles. The maximum atomic E-state index is 13.6. The van der Waals surface area contributed by atoms with Gasteiger partial charge in [-0.05, 0) is 48.2 Å². The fourth-order valence-corrected chi connectivity index (χ4v) is 3.01. The molecule has 1 amide bonds. The lowest BCUT2D eigenvalue weighted by molar-refractivity contribution is -0.119. The summed E-state index contributed by atoms with van der Waals surface area (Å²) in [6.45, 7) is 0. The van der Waals surface area contributed by atoms with Crippen LogP contribution in [0.2, 0.25) is 0 Å². The minimum absolute atomic E-state index is 0.0125. The van der Waals surface area contributed by atoms with E-state index in [9.17, 15) is 13.6 Å². The zero-order valence-electron chi connectivity index (χ0n) is 11.0. The van der Waals surface area contributed by atoms with Gasteiger partial charge in [0.25, 0.3) is 0 Å². The molecule has 2 nitrogen and oxygen atoms in total. The third kappa shape index (κ3) is 2.97. The quantitative estimate of drug-likeness (QED) is 0.867. The minimum Gasteiger partial charge on any atom is -0.323 e. The summed E-state index contributed by atoms with van der Waals surface area (Å²) in [6.07, 6.45) is 1.26. The van der Waals surface area contributed by atoms with Crippen LogP contribution in [0.5, 0.6) is 0 Å². The van der Waals surface area contributed by atoms with Gasteiger partial charge in [-0.3, -0.25) is 4.79 Å². The van der Waals surface area contributed by atoms with E-state index in [4.69, 9.17) is 0 Å². The lowest BCUT2D eigenvalue weighted by atomic mass is 10.1. The fraction of sp³-hybridized carbons (Fsp3) is 0.188. The van der Waals surface area contributed by atoms with Crippen LogP contribution in [-0.4, -0.2) is 5.91 Å². The average Bonchev–Trinajstić information content (AvgIpc) is 2.85. The van der Waals surface area contributed by atoms with Gasteiger partial charge < -0.3 is 5.32 Å². The molecule has 108 valence electrons. The predicted octanol–water partition coefficient (Wildman–Crippen LogP) is 4.08. The van der Waals surface area contributed by atoms with Crippen molar-refractivity contribution in [1.82, 2.24) is 0 Å². The van der Waals surface area contributed by atoms with Crippen LogP contribution in [0, 0.1) is 17.6 Å². The number of hydrogen-bond acceptors (Lipinski definition) is 1. The van der Waals surface area contributed by atoms with Crippen molar-refractivity contribution in [2.75, 3.05) is 5.32 Å². The molecule has 0 bridgehead atoms. The number of halogens is 3. The molecule has 0 aliphatic heterocycles. The van der Waals surface area contributed by atoms with E-state index >= 15 is 0 Å². The molecule has 1 aliphatic carbocycles. The largest absolute Gasteiger partial charge is 0.323 e. The number of hydrogen-bond donors (Lipinski definition) is 1. The molecule has 1 unspecified atom stereocenters. The molecule has 0 spiro atoms. The van der Waals surface area contributed by atoms with Gasteiger partial charge in [0, 0.05) is 16.5 Å². The Morgan fingerprint density at radius 2 is 1.86 bits per heavy atom. The highest BCUT2D eigenvalue weighted by molar-refractivity contribution is 9.10. The molecular formula is C16H12BrF2NO. The fourth-order valence-electron chi connectivity index (χ4n) is 2.60. The van der Waals surface area contributed by atoms with Crippen molar-refractivity contribution in [2.24, 2.45) is 5.92 Å². The molecule has 1 atom stereocenters. The molecule has 2 aromatic carbocycles. The Labute approximate surface area is 129 Å². The second-order valence-corrected chi connectivity index (χ2v) is 6.05. The molecule has 1 N–H and O–H groups in total. The predicted molar refractivity (Wildman–Crippen MR) is 80.0 cm³/mol. The van der Waals surface area contributed by atoms with Crippen LogP contribution in [-0.2, 0) is 17.6 Å². The van der Waals surface area contributed by atoms with Gasteiger partial charge in [-0.1, -0.05) is 22.0 Å². The second kappa shape index (κ2) is 5.56. The van der Waals surface area contributed by atoms with Crippen LogP contribution >= 0.6 is 15.9 Å². The molecule has 2 aromatic rings. The number of amides is 1. The highest BCUT2D eigenvalue weighted by Gasteiger charge is 2.27. The lowest BCUT2D eigenvalue weighted by Crippen LogP contribution is -2.23. The number of nitrogens with one attached hydrogen (secondary N) is 1. The Morgan fingerprint density at radius 1 is 1.10 bits per heavy atom. The smallest absolute Gasteiger partial charge is 0.228 e. The summed E-state index contributed by atoms with van der Waals surface area (Å²) in [4.78, 5) is 12.2. The highest BCUT2D eigenvalue weighted by atomic mass is 79.9. The molecule has 0 radical (unpaired) electrons. The lowest BCUT2D eigenvalue weighted by Gasteiger charge is -2.11. The van der Waals surface area contributed by atoms with Crippen LogP contribution < -0.4 is 5.32 Å². The Morgan fingerprint density at radius 3 is 2.62 bits per heavy atom. The summed E-state index contributed by atoms with van der Waals surface area (Å²) in [5.74, 6) is -1.89. The van der Waals surface area contributed by atoms with Gasteiger partial charge in [0.1, 0.15) is 11.6 Å². The first-order chi connectivity index (χ1) is 10.0. The van der Waals surface area contributed by atoms with E-state index in [0.717, 1.165) is 27.7 Å². The molecule has 0 aromatic heterocycles. The van der Waals surface area contributed by atoms with E-state index in [1.54, 1.807) is 0 Å². The Balaban J connectivity index is 1.73. The van der Waals surface area contributed by atoms with Gasteiger partial charge in [-0.15, -0.1) is 0 Å². The van der Waals surface area contributed by atoms with Crippen molar-refractivity contribution < 1.29 is 13.6 Å². The van der Waals surface area contributed by atoms with Crippen molar-refractivity contribution in [3.05, 3.63) is 63.6 Å². The van der Waals surface area contributed by atoms with Crippen LogP contribution in [0.1, 0.15) is 11.1 Å². The molecule has 21 heavy (non-hydrogen) atoms.